The van der Waals surface area contributed by atoms with Crippen LogP contribution in [0.5, 0.6) is 0 Å². The Morgan fingerprint density at radius 2 is 1.70 bits per heavy atom. The summed E-state index contributed by atoms with van der Waals surface area (Å²) in [7, 11) is -1.43. The molecule has 0 radical (unpaired) electrons. The van der Waals surface area contributed by atoms with Crippen LogP contribution in [0.15, 0.2) is 29.2 Å². The van der Waals surface area contributed by atoms with Crippen molar-refractivity contribution >= 4 is 9.84 Å². The second-order valence-corrected chi connectivity index (χ2v) is 7.55. The van der Waals surface area contributed by atoms with Crippen molar-refractivity contribution in [3.63, 3.8) is 0 Å². The Kier molecular flexibility index (Phi) is 6.17. The molecule has 20 heavy (non-hydrogen) atoms. The molecule has 1 aromatic carbocycles. The van der Waals surface area contributed by atoms with Crippen LogP contribution in [-0.4, -0.2) is 34.4 Å². The minimum absolute atomic E-state index is 0.145. The van der Waals surface area contributed by atoms with Crippen LogP contribution in [0.1, 0.15) is 32.4 Å². The third-order valence-electron chi connectivity index (χ3n) is 3.42. The molecular formula is C15H25NO3S. The van der Waals surface area contributed by atoms with E-state index in [2.05, 4.69) is 26.1 Å². The zero-order valence-electron chi connectivity index (χ0n) is 12.9. The molecule has 0 aromatic heterocycles. The zero-order valence-corrected chi connectivity index (χ0v) is 13.7. The molecule has 5 heteroatoms. The normalized spacial score (nSPS) is 15.3. The number of benzene rings is 1. The highest BCUT2D eigenvalue weighted by Gasteiger charge is 2.17. The molecule has 114 valence electrons. The molecule has 1 rings (SSSR count). The Morgan fingerprint density at radius 1 is 1.15 bits per heavy atom. The van der Waals surface area contributed by atoms with Crippen molar-refractivity contribution in [2.75, 3.05) is 20.0 Å². The Labute approximate surface area is 122 Å². The number of hydrogen-bond donors (Lipinski definition) is 1. The van der Waals surface area contributed by atoms with E-state index in [1.54, 1.807) is 19.2 Å². The maximum absolute atomic E-state index is 11.4. The molecule has 0 saturated heterocycles. The molecule has 0 aliphatic heterocycles. The lowest BCUT2D eigenvalue weighted by Gasteiger charge is -2.26. The lowest BCUT2D eigenvalue weighted by atomic mass is 10.0. The van der Waals surface area contributed by atoms with Crippen molar-refractivity contribution in [3.8, 4) is 0 Å². The second-order valence-electron chi connectivity index (χ2n) is 5.54. The smallest absolute Gasteiger partial charge is 0.175 e. The van der Waals surface area contributed by atoms with Gasteiger partial charge in [-0.1, -0.05) is 26.0 Å². The highest BCUT2D eigenvalue weighted by Crippen LogP contribution is 2.18. The molecule has 0 aliphatic carbocycles. The molecule has 2 atom stereocenters. The minimum Gasteiger partial charge on any atom is -0.383 e. The summed E-state index contributed by atoms with van der Waals surface area (Å²) in [6.45, 7) is 7.02. The molecule has 0 amide bonds. The summed E-state index contributed by atoms with van der Waals surface area (Å²) in [5.41, 5.74) is 1.07. The zero-order chi connectivity index (χ0) is 15.3. The summed E-state index contributed by atoms with van der Waals surface area (Å²) in [5.74, 6) is 0.465. The monoisotopic (exact) mass is 299 g/mol. The molecule has 0 aliphatic rings. The van der Waals surface area contributed by atoms with Crippen molar-refractivity contribution in [1.29, 1.82) is 0 Å². The largest absolute Gasteiger partial charge is 0.383 e. The molecule has 4 nitrogen and oxygen atoms in total. The van der Waals surface area contributed by atoms with Crippen molar-refractivity contribution in [2.45, 2.75) is 37.8 Å². The van der Waals surface area contributed by atoms with Crippen LogP contribution in [0.3, 0.4) is 0 Å². The van der Waals surface area contributed by atoms with Gasteiger partial charge in [0.05, 0.1) is 11.5 Å². The van der Waals surface area contributed by atoms with Crippen LogP contribution in [-0.2, 0) is 14.6 Å². The van der Waals surface area contributed by atoms with Gasteiger partial charge in [-0.15, -0.1) is 0 Å². The number of nitrogens with one attached hydrogen (secondary N) is 1. The van der Waals surface area contributed by atoms with Gasteiger partial charge in [0.2, 0.25) is 0 Å². The average Bonchev–Trinajstić information content (AvgIpc) is 2.37. The van der Waals surface area contributed by atoms with Gasteiger partial charge in [-0.05, 0) is 30.5 Å². The van der Waals surface area contributed by atoms with E-state index in [1.165, 1.54) is 6.26 Å². The Hall–Kier alpha value is -0.910. The van der Waals surface area contributed by atoms with Gasteiger partial charge in [-0.2, -0.15) is 0 Å². The summed E-state index contributed by atoms with van der Waals surface area (Å²) in [4.78, 5) is 0.353. The Morgan fingerprint density at radius 3 is 2.10 bits per heavy atom. The molecule has 0 bridgehead atoms. The van der Waals surface area contributed by atoms with Crippen LogP contribution in [0, 0.1) is 5.92 Å². The molecule has 0 heterocycles. The van der Waals surface area contributed by atoms with E-state index in [0.29, 0.717) is 17.4 Å². The summed E-state index contributed by atoms with van der Waals surface area (Å²) in [6, 6.07) is 7.44. The lowest BCUT2D eigenvalue weighted by molar-refractivity contribution is 0.141. The highest BCUT2D eigenvalue weighted by molar-refractivity contribution is 7.90. The Balaban J connectivity index is 2.79. The van der Waals surface area contributed by atoms with E-state index >= 15 is 0 Å². The number of methoxy groups -OCH3 is 1. The van der Waals surface area contributed by atoms with E-state index < -0.39 is 9.84 Å². The number of rotatable bonds is 7. The lowest BCUT2D eigenvalue weighted by Crippen LogP contribution is -2.39. The molecule has 0 spiro atoms. The Bertz CT molecular complexity index is 508. The highest BCUT2D eigenvalue weighted by atomic mass is 32.2. The van der Waals surface area contributed by atoms with Gasteiger partial charge in [-0.3, -0.25) is 0 Å². The van der Waals surface area contributed by atoms with Crippen molar-refractivity contribution in [2.24, 2.45) is 5.92 Å². The molecular weight excluding hydrogens is 274 g/mol. The quantitative estimate of drug-likeness (QED) is 0.840. The minimum atomic E-state index is -3.13. The molecule has 0 saturated carbocycles. The number of sulfone groups is 1. The average molecular weight is 299 g/mol. The third kappa shape index (κ3) is 4.89. The van der Waals surface area contributed by atoms with Gasteiger partial charge in [-0.25, -0.2) is 8.42 Å². The van der Waals surface area contributed by atoms with E-state index in [4.69, 9.17) is 4.74 Å². The second kappa shape index (κ2) is 7.20. The first-order valence-corrected chi connectivity index (χ1v) is 8.70. The van der Waals surface area contributed by atoms with Gasteiger partial charge in [0, 0.05) is 25.4 Å². The van der Waals surface area contributed by atoms with Crippen molar-refractivity contribution in [1.82, 2.24) is 5.32 Å². The predicted octanol–water partition coefficient (Wildman–Crippen LogP) is 2.41. The first-order chi connectivity index (χ1) is 9.25. The predicted molar refractivity (Wildman–Crippen MR) is 81.6 cm³/mol. The van der Waals surface area contributed by atoms with Gasteiger partial charge in [0.15, 0.2) is 9.84 Å². The summed E-state index contributed by atoms with van der Waals surface area (Å²) >= 11 is 0. The number of hydrogen-bond acceptors (Lipinski definition) is 4. The number of ether oxygens (including phenoxy) is 1. The fraction of sp³-hybridized carbons (Fsp3) is 0.600. The van der Waals surface area contributed by atoms with Crippen molar-refractivity contribution < 1.29 is 13.2 Å². The fourth-order valence-corrected chi connectivity index (χ4v) is 2.66. The standard InChI is InChI=1S/C15H25NO3S/c1-11(2)15(10-19-4)16-12(3)13-6-8-14(9-7-13)20(5,17)18/h6-9,11-12,15-16H,10H2,1-5H3. The van der Waals surface area contributed by atoms with Gasteiger partial charge in [0.25, 0.3) is 0 Å². The van der Waals surface area contributed by atoms with E-state index in [-0.39, 0.29) is 12.1 Å². The first-order valence-electron chi connectivity index (χ1n) is 6.80. The van der Waals surface area contributed by atoms with E-state index in [9.17, 15) is 8.42 Å². The summed E-state index contributed by atoms with van der Waals surface area (Å²) in [6.07, 6.45) is 1.22. The van der Waals surface area contributed by atoms with Crippen LogP contribution < -0.4 is 5.32 Å². The van der Waals surface area contributed by atoms with E-state index in [1.807, 2.05) is 12.1 Å². The fourth-order valence-electron chi connectivity index (χ4n) is 2.03. The van der Waals surface area contributed by atoms with Gasteiger partial charge >= 0.3 is 0 Å². The maximum atomic E-state index is 11.4. The topological polar surface area (TPSA) is 55.4 Å². The maximum Gasteiger partial charge on any atom is 0.175 e. The first kappa shape index (κ1) is 17.1. The SMILES string of the molecule is COCC(NC(C)c1ccc(S(C)(=O)=O)cc1)C(C)C. The molecule has 2 unspecified atom stereocenters. The molecule has 1 N–H and O–H groups in total. The van der Waals surface area contributed by atoms with Crippen LogP contribution in [0.4, 0.5) is 0 Å². The van der Waals surface area contributed by atoms with Gasteiger partial charge in [0.1, 0.15) is 0 Å². The van der Waals surface area contributed by atoms with Crippen LogP contribution in [0.25, 0.3) is 0 Å². The van der Waals surface area contributed by atoms with Crippen molar-refractivity contribution in [3.05, 3.63) is 29.8 Å². The molecule has 1 aromatic rings. The van der Waals surface area contributed by atoms with Gasteiger partial charge < -0.3 is 10.1 Å². The summed E-state index contributed by atoms with van der Waals surface area (Å²) < 4.78 is 28.1. The summed E-state index contributed by atoms with van der Waals surface area (Å²) in [5, 5.41) is 3.52. The van der Waals surface area contributed by atoms with Crippen LogP contribution in [0.2, 0.25) is 0 Å². The van der Waals surface area contributed by atoms with E-state index in [0.717, 1.165) is 5.56 Å². The molecule has 0 fully saturated rings. The van der Waals surface area contributed by atoms with Crippen LogP contribution >= 0.6 is 0 Å². The third-order valence-corrected chi connectivity index (χ3v) is 4.55.